The molecule has 0 spiro atoms. The number of carbonyl (C=O) groups is 2. The second kappa shape index (κ2) is 6.06. The SMILES string of the molecule is C[C@@H]1CCc2c(sc(NC(=O)CCC(=O)O)c2C#N)C1. The van der Waals surface area contributed by atoms with Crippen LogP contribution in [0.1, 0.15) is 42.2 Å². The van der Waals surface area contributed by atoms with Gasteiger partial charge < -0.3 is 10.4 Å². The van der Waals surface area contributed by atoms with Crippen molar-refractivity contribution in [2.24, 2.45) is 5.92 Å². The number of hydrogen-bond donors (Lipinski definition) is 2. The number of carboxylic acids is 1. The zero-order valence-electron chi connectivity index (χ0n) is 11.2. The Bertz CT molecular complexity index is 586. The van der Waals surface area contributed by atoms with Gasteiger partial charge in [0.05, 0.1) is 12.0 Å². The lowest BCUT2D eigenvalue weighted by molar-refractivity contribution is -0.138. The van der Waals surface area contributed by atoms with Gasteiger partial charge in [-0.1, -0.05) is 6.92 Å². The Hall–Kier alpha value is -1.87. The van der Waals surface area contributed by atoms with Crippen molar-refractivity contribution in [3.05, 3.63) is 16.0 Å². The molecule has 0 aliphatic heterocycles. The highest BCUT2D eigenvalue weighted by Crippen LogP contribution is 2.39. The second-order valence-corrected chi connectivity index (χ2v) is 6.21. The molecule has 2 rings (SSSR count). The predicted molar refractivity (Wildman–Crippen MR) is 75.7 cm³/mol. The zero-order valence-corrected chi connectivity index (χ0v) is 12.0. The number of hydrogen-bond acceptors (Lipinski definition) is 4. The van der Waals surface area contributed by atoms with Crippen LogP contribution in [0.25, 0.3) is 0 Å². The Labute approximate surface area is 121 Å². The van der Waals surface area contributed by atoms with Gasteiger partial charge >= 0.3 is 5.97 Å². The van der Waals surface area contributed by atoms with Gasteiger partial charge in [-0.15, -0.1) is 11.3 Å². The highest BCUT2D eigenvalue weighted by molar-refractivity contribution is 7.16. The fourth-order valence-corrected chi connectivity index (χ4v) is 3.74. The topological polar surface area (TPSA) is 90.2 Å². The van der Waals surface area contributed by atoms with Crippen molar-refractivity contribution in [1.82, 2.24) is 0 Å². The van der Waals surface area contributed by atoms with E-state index in [9.17, 15) is 14.9 Å². The highest BCUT2D eigenvalue weighted by atomic mass is 32.1. The molecule has 0 radical (unpaired) electrons. The average molecular weight is 292 g/mol. The van der Waals surface area contributed by atoms with Crippen molar-refractivity contribution in [3.63, 3.8) is 0 Å². The Morgan fingerprint density at radius 1 is 1.50 bits per heavy atom. The third-order valence-electron chi connectivity index (χ3n) is 3.44. The smallest absolute Gasteiger partial charge is 0.303 e. The van der Waals surface area contributed by atoms with Crippen LogP contribution < -0.4 is 5.32 Å². The van der Waals surface area contributed by atoms with Crippen LogP contribution in [0.15, 0.2) is 0 Å². The minimum Gasteiger partial charge on any atom is -0.481 e. The highest BCUT2D eigenvalue weighted by Gasteiger charge is 2.24. The molecule has 1 atom stereocenters. The van der Waals surface area contributed by atoms with Crippen LogP contribution in [0, 0.1) is 17.2 Å². The summed E-state index contributed by atoms with van der Waals surface area (Å²) in [4.78, 5) is 23.3. The number of rotatable bonds is 4. The second-order valence-electron chi connectivity index (χ2n) is 5.11. The third kappa shape index (κ3) is 3.17. The summed E-state index contributed by atoms with van der Waals surface area (Å²) >= 11 is 1.45. The number of thiophene rings is 1. The van der Waals surface area contributed by atoms with E-state index >= 15 is 0 Å². The molecule has 1 aromatic rings. The number of anilines is 1. The van der Waals surface area contributed by atoms with E-state index in [2.05, 4.69) is 18.3 Å². The monoisotopic (exact) mass is 292 g/mol. The maximum atomic E-state index is 11.7. The summed E-state index contributed by atoms with van der Waals surface area (Å²) in [6, 6.07) is 2.17. The van der Waals surface area contributed by atoms with Crippen molar-refractivity contribution in [1.29, 1.82) is 5.26 Å². The normalized spacial score (nSPS) is 17.1. The molecule has 1 aromatic heterocycles. The van der Waals surface area contributed by atoms with Gasteiger partial charge in [0.25, 0.3) is 0 Å². The summed E-state index contributed by atoms with van der Waals surface area (Å²) in [6.45, 7) is 2.18. The summed E-state index contributed by atoms with van der Waals surface area (Å²) in [7, 11) is 0. The molecule has 1 aliphatic rings. The molecular weight excluding hydrogens is 276 g/mol. The first-order valence-electron chi connectivity index (χ1n) is 6.57. The van der Waals surface area contributed by atoms with Crippen molar-refractivity contribution >= 4 is 28.2 Å². The Balaban J connectivity index is 2.14. The fourth-order valence-electron chi connectivity index (χ4n) is 2.37. The Kier molecular flexibility index (Phi) is 4.40. The zero-order chi connectivity index (χ0) is 14.7. The number of fused-ring (bicyclic) bond motifs is 1. The molecule has 6 heteroatoms. The number of aliphatic carboxylic acids is 1. The molecule has 5 nitrogen and oxygen atoms in total. The molecule has 0 fully saturated rings. The first-order valence-corrected chi connectivity index (χ1v) is 7.39. The van der Waals surface area contributed by atoms with E-state index < -0.39 is 5.97 Å². The van der Waals surface area contributed by atoms with Gasteiger partial charge in [-0.3, -0.25) is 9.59 Å². The van der Waals surface area contributed by atoms with E-state index in [0.717, 1.165) is 24.8 Å². The lowest BCUT2D eigenvalue weighted by Gasteiger charge is -2.17. The van der Waals surface area contributed by atoms with Crippen LogP contribution in [0.3, 0.4) is 0 Å². The summed E-state index contributed by atoms with van der Waals surface area (Å²) in [5, 5.41) is 21.1. The standard InChI is InChI=1S/C14H16N2O3S/c1-8-2-3-9-10(7-15)14(20-11(9)6-8)16-12(17)4-5-13(18)19/h8H,2-6H2,1H3,(H,16,17)(H,18,19)/t8-/m1/s1. The van der Waals surface area contributed by atoms with Crippen molar-refractivity contribution < 1.29 is 14.7 Å². The van der Waals surface area contributed by atoms with Gasteiger partial charge in [0.2, 0.25) is 5.91 Å². The van der Waals surface area contributed by atoms with Crippen LogP contribution in [-0.4, -0.2) is 17.0 Å². The molecule has 0 saturated heterocycles. The molecule has 0 unspecified atom stereocenters. The van der Waals surface area contributed by atoms with Crippen molar-refractivity contribution in [2.75, 3.05) is 5.32 Å². The number of amides is 1. The van der Waals surface area contributed by atoms with E-state index in [0.29, 0.717) is 16.5 Å². The van der Waals surface area contributed by atoms with E-state index in [1.807, 2.05) is 0 Å². The predicted octanol–water partition coefficient (Wildman–Crippen LogP) is 2.55. The average Bonchev–Trinajstić information content (AvgIpc) is 2.72. The summed E-state index contributed by atoms with van der Waals surface area (Å²) in [5.41, 5.74) is 1.62. The van der Waals surface area contributed by atoms with Crippen LogP contribution in [0.2, 0.25) is 0 Å². The Morgan fingerprint density at radius 2 is 2.25 bits per heavy atom. The summed E-state index contributed by atoms with van der Waals surface area (Å²) in [5.74, 6) is -0.751. The molecule has 1 heterocycles. The van der Waals surface area contributed by atoms with Gasteiger partial charge in [-0.05, 0) is 30.7 Å². The van der Waals surface area contributed by atoms with Crippen molar-refractivity contribution in [3.8, 4) is 6.07 Å². The van der Waals surface area contributed by atoms with E-state index in [1.165, 1.54) is 16.2 Å². The summed E-state index contributed by atoms with van der Waals surface area (Å²) < 4.78 is 0. The molecule has 2 N–H and O–H groups in total. The number of nitrogens with zero attached hydrogens (tertiary/aromatic N) is 1. The number of nitrogens with one attached hydrogen (secondary N) is 1. The van der Waals surface area contributed by atoms with E-state index in [-0.39, 0.29) is 18.7 Å². The molecular formula is C14H16N2O3S. The summed E-state index contributed by atoms with van der Waals surface area (Å²) in [6.07, 6.45) is 2.61. The minimum absolute atomic E-state index is 0.0703. The lowest BCUT2D eigenvalue weighted by atomic mass is 9.88. The van der Waals surface area contributed by atoms with Crippen LogP contribution in [0.5, 0.6) is 0 Å². The van der Waals surface area contributed by atoms with Crippen LogP contribution in [0.4, 0.5) is 5.00 Å². The van der Waals surface area contributed by atoms with Gasteiger partial charge in [0.1, 0.15) is 11.1 Å². The quantitative estimate of drug-likeness (QED) is 0.892. The third-order valence-corrected chi connectivity index (χ3v) is 4.61. The number of nitriles is 1. The molecule has 1 amide bonds. The molecule has 0 saturated carbocycles. The number of carbonyl (C=O) groups excluding carboxylic acids is 1. The van der Waals surface area contributed by atoms with Gasteiger partial charge in [-0.25, -0.2) is 0 Å². The first-order chi connectivity index (χ1) is 9.51. The largest absolute Gasteiger partial charge is 0.481 e. The molecule has 20 heavy (non-hydrogen) atoms. The van der Waals surface area contributed by atoms with Gasteiger partial charge in [0, 0.05) is 11.3 Å². The molecule has 0 aromatic carbocycles. The molecule has 0 bridgehead atoms. The van der Waals surface area contributed by atoms with E-state index in [4.69, 9.17) is 5.11 Å². The van der Waals surface area contributed by atoms with Crippen molar-refractivity contribution in [2.45, 2.75) is 39.0 Å². The van der Waals surface area contributed by atoms with Gasteiger partial charge in [0.15, 0.2) is 0 Å². The molecule has 1 aliphatic carbocycles. The maximum Gasteiger partial charge on any atom is 0.303 e. The van der Waals surface area contributed by atoms with E-state index in [1.54, 1.807) is 0 Å². The van der Waals surface area contributed by atoms with Crippen LogP contribution in [-0.2, 0) is 22.4 Å². The van der Waals surface area contributed by atoms with Crippen LogP contribution >= 0.6 is 11.3 Å². The maximum absolute atomic E-state index is 11.7. The van der Waals surface area contributed by atoms with Gasteiger partial charge in [-0.2, -0.15) is 5.26 Å². The number of carboxylic acid groups (broad SMARTS) is 1. The first kappa shape index (κ1) is 14.5. The molecule has 106 valence electrons. The fraction of sp³-hybridized carbons (Fsp3) is 0.500. The lowest BCUT2D eigenvalue weighted by Crippen LogP contribution is -2.13. The Morgan fingerprint density at radius 3 is 2.90 bits per heavy atom. The minimum atomic E-state index is -1.00.